The molecule has 9 aromatic carbocycles. The second-order valence-corrected chi connectivity index (χ2v) is 18.7. The summed E-state index contributed by atoms with van der Waals surface area (Å²) in [7, 11) is -3.19. The van der Waals surface area contributed by atoms with Crippen molar-refractivity contribution in [1.29, 1.82) is 0 Å². The molecule has 5 heteroatoms. The van der Waals surface area contributed by atoms with Gasteiger partial charge in [0.25, 0.3) is 0 Å². The molecule has 10 aromatic rings. The van der Waals surface area contributed by atoms with E-state index in [4.69, 9.17) is 9.97 Å². The van der Waals surface area contributed by atoms with E-state index in [-0.39, 0.29) is 0 Å². The number of anilines is 3. The smallest absolute Gasteiger partial charge is 0.171 e. The summed E-state index contributed by atoms with van der Waals surface area (Å²) in [5.74, 6) is 0.614. The van der Waals surface area contributed by atoms with Gasteiger partial charge in [0.2, 0.25) is 0 Å². The maximum atomic E-state index is 15.4. The van der Waals surface area contributed by atoms with Crippen LogP contribution in [0.2, 0.25) is 0 Å². The highest BCUT2D eigenvalue weighted by atomic mass is 31.2. The second-order valence-electron chi connectivity index (χ2n) is 16.0. The first kappa shape index (κ1) is 36.2. The van der Waals surface area contributed by atoms with Gasteiger partial charge in [-0.15, -0.1) is 0 Å². The lowest BCUT2D eigenvalue weighted by Gasteiger charge is -2.45. The van der Waals surface area contributed by atoms with Crippen LogP contribution in [0.3, 0.4) is 0 Å². The van der Waals surface area contributed by atoms with Crippen LogP contribution in [0.15, 0.2) is 231 Å². The number of fused-ring (bicyclic) bond motifs is 10. The van der Waals surface area contributed by atoms with Crippen LogP contribution in [0.1, 0.15) is 22.3 Å². The topological polar surface area (TPSA) is 46.1 Å². The van der Waals surface area contributed by atoms with Gasteiger partial charge < -0.3 is 9.46 Å². The van der Waals surface area contributed by atoms with Gasteiger partial charge >= 0.3 is 0 Å². The fourth-order valence-corrected chi connectivity index (χ4v) is 12.8. The minimum atomic E-state index is -3.19. The van der Waals surface area contributed by atoms with Crippen molar-refractivity contribution < 1.29 is 4.57 Å². The van der Waals surface area contributed by atoms with Gasteiger partial charge in [-0.05, 0) is 51.7 Å². The van der Waals surface area contributed by atoms with Crippen LogP contribution in [-0.4, -0.2) is 9.97 Å². The van der Waals surface area contributed by atoms with Crippen LogP contribution in [0.4, 0.5) is 17.1 Å². The average molecular weight is 812 g/mol. The zero-order chi connectivity index (χ0) is 41.3. The molecule has 292 valence electrons. The molecule has 4 nitrogen and oxygen atoms in total. The molecule has 1 aromatic heterocycles. The van der Waals surface area contributed by atoms with E-state index < -0.39 is 12.6 Å². The molecule has 0 bridgehead atoms. The lowest BCUT2D eigenvalue weighted by atomic mass is 9.64. The van der Waals surface area contributed by atoms with Gasteiger partial charge in [-0.1, -0.05) is 206 Å². The van der Waals surface area contributed by atoms with Crippen LogP contribution < -0.4 is 20.8 Å². The lowest BCUT2D eigenvalue weighted by molar-refractivity contribution is 0.592. The van der Waals surface area contributed by atoms with E-state index >= 15 is 4.57 Å². The van der Waals surface area contributed by atoms with Crippen molar-refractivity contribution in [3.05, 3.63) is 253 Å². The Morgan fingerprint density at radius 3 is 1.52 bits per heavy atom. The van der Waals surface area contributed by atoms with Gasteiger partial charge in [0, 0.05) is 43.9 Å². The standard InChI is InChI=1S/C57H38N3OP/c61-62(42-23-6-2-7-24-42,43-25-8-3-9-26-43)44-37-35-40(36-38-44)56-58-54(46-29-18-20-39-19-10-11-27-45(39)46)53-55(59-56)47-28-12-13-30-48(47)57(53)49-31-14-16-33-51(49)60(41-21-4-1-5-22-41)52-34-17-15-32-50(52)57/h1-38H. The number of aromatic nitrogens is 2. The summed E-state index contributed by atoms with van der Waals surface area (Å²) in [6, 6.07) is 80.0. The van der Waals surface area contributed by atoms with E-state index in [1.807, 2.05) is 84.9 Å². The average Bonchev–Trinajstić information content (AvgIpc) is 3.65. The van der Waals surface area contributed by atoms with E-state index in [1.54, 1.807) is 0 Å². The third-order valence-electron chi connectivity index (χ3n) is 12.8. The molecule has 0 N–H and O–H groups in total. The molecule has 0 amide bonds. The molecule has 1 spiro atoms. The zero-order valence-corrected chi connectivity index (χ0v) is 34.5. The maximum absolute atomic E-state index is 15.4. The Hall–Kier alpha value is -7.65. The van der Waals surface area contributed by atoms with E-state index in [1.165, 1.54) is 16.7 Å². The second kappa shape index (κ2) is 14.2. The molecule has 1 aliphatic heterocycles. The van der Waals surface area contributed by atoms with Crippen molar-refractivity contribution in [3.8, 4) is 33.9 Å². The normalized spacial score (nSPS) is 13.3. The first-order chi connectivity index (χ1) is 30.7. The fraction of sp³-hybridized carbons (Fsp3) is 0.0175. The Morgan fingerprint density at radius 2 is 0.871 bits per heavy atom. The first-order valence-electron chi connectivity index (χ1n) is 21.0. The van der Waals surface area contributed by atoms with Gasteiger partial charge in [0.15, 0.2) is 13.0 Å². The van der Waals surface area contributed by atoms with Crippen molar-refractivity contribution in [2.75, 3.05) is 4.90 Å². The van der Waals surface area contributed by atoms with Gasteiger partial charge in [0.1, 0.15) is 0 Å². The summed E-state index contributed by atoms with van der Waals surface area (Å²) in [5, 5.41) is 4.62. The predicted molar refractivity (Wildman–Crippen MR) is 255 cm³/mol. The minimum Gasteiger partial charge on any atom is -0.310 e. The molecule has 0 radical (unpaired) electrons. The minimum absolute atomic E-state index is 0.614. The third kappa shape index (κ3) is 5.24. The predicted octanol–water partition coefficient (Wildman–Crippen LogP) is 12.7. The van der Waals surface area contributed by atoms with Crippen molar-refractivity contribution in [3.63, 3.8) is 0 Å². The van der Waals surface area contributed by atoms with Crippen molar-refractivity contribution in [2.45, 2.75) is 5.41 Å². The number of nitrogens with zero attached hydrogens (tertiary/aromatic N) is 3. The molecular weight excluding hydrogens is 774 g/mol. The Balaban J connectivity index is 1.15. The quantitative estimate of drug-likeness (QED) is 0.157. The zero-order valence-electron chi connectivity index (χ0n) is 33.6. The molecule has 12 rings (SSSR count). The molecule has 0 saturated carbocycles. The van der Waals surface area contributed by atoms with Crippen LogP contribution in [0, 0.1) is 0 Å². The number of hydrogen-bond donors (Lipinski definition) is 0. The van der Waals surface area contributed by atoms with E-state index in [0.29, 0.717) is 5.82 Å². The van der Waals surface area contributed by atoms with E-state index in [9.17, 15) is 0 Å². The molecule has 0 unspecified atom stereocenters. The summed E-state index contributed by atoms with van der Waals surface area (Å²) in [5.41, 5.74) is 12.0. The Bertz CT molecular complexity index is 3290. The summed E-state index contributed by atoms with van der Waals surface area (Å²) < 4.78 is 15.4. The number of para-hydroxylation sites is 3. The molecule has 62 heavy (non-hydrogen) atoms. The first-order valence-corrected chi connectivity index (χ1v) is 22.7. The van der Waals surface area contributed by atoms with E-state index in [0.717, 1.165) is 77.4 Å². The van der Waals surface area contributed by atoms with Gasteiger partial charge in [-0.2, -0.15) is 0 Å². The van der Waals surface area contributed by atoms with Crippen LogP contribution in [0.5, 0.6) is 0 Å². The Kier molecular flexibility index (Phi) is 8.32. The molecule has 0 saturated heterocycles. The van der Waals surface area contributed by atoms with Crippen molar-refractivity contribution in [1.82, 2.24) is 9.97 Å². The summed E-state index contributed by atoms with van der Waals surface area (Å²) in [6.45, 7) is 0. The molecule has 2 aliphatic rings. The lowest BCUT2D eigenvalue weighted by Crippen LogP contribution is -2.36. The van der Waals surface area contributed by atoms with E-state index in [2.05, 4.69) is 150 Å². The van der Waals surface area contributed by atoms with Gasteiger partial charge in [-0.3, -0.25) is 0 Å². The van der Waals surface area contributed by atoms with Crippen LogP contribution >= 0.6 is 7.14 Å². The molecular formula is C57H38N3OP. The van der Waals surface area contributed by atoms with Crippen LogP contribution in [0.25, 0.3) is 44.7 Å². The van der Waals surface area contributed by atoms with Crippen LogP contribution in [-0.2, 0) is 9.98 Å². The van der Waals surface area contributed by atoms with Crippen molar-refractivity contribution in [2.24, 2.45) is 0 Å². The summed E-state index contributed by atoms with van der Waals surface area (Å²) in [4.78, 5) is 13.7. The van der Waals surface area contributed by atoms with Crippen molar-refractivity contribution >= 4 is 50.9 Å². The molecule has 0 atom stereocenters. The third-order valence-corrected chi connectivity index (χ3v) is 15.8. The SMILES string of the molecule is O=P(c1ccccc1)(c1ccccc1)c1ccc(-c2nc3c(c(-c4cccc5ccccc45)n2)C2(c4ccccc4-3)c3ccccc3N(c3ccccc3)c3ccccc32)cc1. The summed E-state index contributed by atoms with van der Waals surface area (Å²) in [6.07, 6.45) is 0. The van der Waals surface area contributed by atoms with Gasteiger partial charge in [-0.25, -0.2) is 9.97 Å². The fourth-order valence-electron chi connectivity index (χ4n) is 10.1. The number of rotatable bonds is 6. The summed E-state index contributed by atoms with van der Waals surface area (Å²) >= 11 is 0. The number of hydrogen-bond acceptors (Lipinski definition) is 4. The maximum Gasteiger partial charge on any atom is 0.171 e. The Morgan fingerprint density at radius 1 is 0.403 bits per heavy atom. The highest BCUT2D eigenvalue weighted by molar-refractivity contribution is 7.85. The molecule has 2 heterocycles. The largest absolute Gasteiger partial charge is 0.310 e. The number of benzene rings is 9. The van der Waals surface area contributed by atoms with Gasteiger partial charge in [0.05, 0.1) is 28.2 Å². The molecule has 1 aliphatic carbocycles. The Labute approximate surface area is 360 Å². The monoisotopic (exact) mass is 811 g/mol. The highest BCUT2D eigenvalue weighted by Gasteiger charge is 2.54. The molecule has 0 fully saturated rings. The highest BCUT2D eigenvalue weighted by Crippen LogP contribution is 2.64.